The molecule has 0 amide bonds. The van der Waals surface area contributed by atoms with Crippen molar-refractivity contribution in [3.8, 4) is 0 Å². The van der Waals surface area contributed by atoms with Gasteiger partial charge in [0.2, 0.25) is 0 Å². The van der Waals surface area contributed by atoms with Crippen LogP contribution >= 0.6 is 11.8 Å². The molecule has 0 saturated carbocycles. The predicted molar refractivity (Wildman–Crippen MR) is 70.7 cm³/mol. The van der Waals surface area contributed by atoms with Crippen LogP contribution in [0.5, 0.6) is 0 Å². The maximum atomic E-state index is 12.4. The number of ketones is 1. The van der Waals surface area contributed by atoms with Crippen LogP contribution in [0, 0.1) is 0 Å². The van der Waals surface area contributed by atoms with E-state index in [1.165, 1.54) is 0 Å². The molecule has 0 saturated heterocycles. The summed E-state index contributed by atoms with van der Waals surface area (Å²) in [6.07, 6.45) is 0. The Kier molecular flexibility index (Phi) is 2.73. The van der Waals surface area contributed by atoms with Gasteiger partial charge in [0.05, 0.1) is 5.92 Å². The van der Waals surface area contributed by atoms with Crippen LogP contribution in [0.3, 0.4) is 0 Å². The predicted octanol–water partition coefficient (Wildman–Crippen LogP) is 3.76. The second-order valence-corrected chi connectivity index (χ2v) is 5.20. The van der Waals surface area contributed by atoms with E-state index in [4.69, 9.17) is 0 Å². The van der Waals surface area contributed by atoms with Crippen LogP contribution in [-0.2, 0) is 0 Å². The molecule has 2 heteroatoms. The van der Waals surface area contributed by atoms with Gasteiger partial charge >= 0.3 is 0 Å². The number of carbonyl (C=O) groups is 1. The van der Waals surface area contributed by atoms with Gasteiger partial charge in [-0.05, 0) is 11.6 Å². The first kappa shape index (κ1) is 10.6. The molecule has 0 radical (unpaired) electrons. The maximum Gasteiger partial charge on any atom is 0.172 e. The Hall–Kier alpha value is -1.54. The quantitative estimate of drug-likeness (QED) is 0.755. The van der Waals surface area contributed by atoms with E-state index in [1.54, 1.807) is 11.8 Å². The average Bonchev–Trinajstić information content (AvgIpc) is 2.40. The summed E-state index contributed by atoms with van der Waals surface area (Å²) < 4.78 is 0. The minimum atomic E-state index is 0.0103. The van der Waals surface area contributed by atoms with E-state index in [9.17, 15) is 4.79 Å². The van der Waals surface area contributed by atoms with Gasteiger partial charge in [-0.25, -0.2) is 0 Å². The molecular formula is C15H12OS. The first-order valence-corrected chi connectivity index (χ1v) is 6.66. The van der Waals surface area contributed by atoms with Crippen LogP contribution in [0.1, 0.15) is 21.8 Å². The van der Waals surface area contributed by atoms with Crippen LogP contribution in [0.4, 0.5) is 0 Å². The third-order valence-electron chi connectivity index (χ3n) is 3.08. The second-order valence-electron chi connectivity index (χ2n) is 4.13. The first-order chi connectivity index (χ1) is 8.36. The molecule has 2 aromatic rings. The van der Waals surface area contributed by atoms with Crippen molar-refractivity contribution in [3.05, 3.63) is 65.7 Å². The smallest absolute Gasteiger partial charge is 0.172 e. The van der Waals surface area contributed by atoms with Crippen molar-refractivity contribution in [2.75, 3.05) is 5.75 Å². The lowest BCUT2D eigenvalue weighted by Gasteiger charge is -2.22. The van der Waals surface area contributed by atoms with Gasteiger partial charge < -0.3 is 0 Å². The summed E-state index contributed by atoms with van der Waals surface area (Å²) in [5.74, 6) is 1.11. The minimum absolute atomic E-state index is 0.0103. The van der Waals surface area contributed by atoms with Crippen LogP contribution in [0.15, 0.2) is 59.5 Å². The third kappa shape index (κ3) is 1.89. The maximum absolute atomic E-state index is 12.4. The number of benzene rings is 2. The van der Waals surface area contributed by atoms with Crippen molar-refractivity contribution in [3.63, 3.8) is 0 Å². The standard InChI is InChI=1S/C15H12OS/c16-15-12-8-4-5-9-14(12)17-10-13(15)11-6-2-1-3-7-11/h1-9,13H,10H2/t13-/m0/s1. The van der Waals surface area contributed by atoms with E-state index in [2.05, 4.69) is 0 Å². The lowest BCUT2D eigenvalue weighted by Crippen LogP contribution is -2.20. The molecule has 0 spiro atoms. The van der Waals surface area contributed by atoms with Gasteiger partial charge in [0.1, 0.15) is 0 Å². The molecule has 2 aromatic carbocycles. The fourth-order valence-electron chi connectivity index (χ4n) is 2.17. The molecule has 1 heterocycles. The number of thioether (sulfide) groups is 1. The normalized spacial score (nSPS) is 18.8. The average molecular weight is 240 g/mol. The molecule has 0 N–H and O–H groups in total. The van der Waals surface area contributed by atoms with Crippen LogP contribution in [0.2, 0.25) is 0 Å². The van der Waals surface area contributed by atoms with Gasteiger partial charge in [0.25, 0.3) is 0 Å². The summed E-state index contributed by atoms with van der Waals surface area (Å²) in [7, 11) is 0. The number of Topliss-reactive ketones (excluding diaryl/α,β-unsaturated/α-hetero) is 1. The van der Waals surface area contributed by atoms with Crippen molar-refractivity contribution < 1.29 is 4.79 Å². The summed E-state index contributed by atoms with van der Waals surface area (Å²) in [4.78, 5) is 13.5. The zero-order valence-corrected chi connectivity index (χ0v) is 10.1. The molecule has 0 aromatic heterocycles. The van der Waals surface area contributed by atoms with Crippen molar-refractivity contribution in [2.24, 2.45) is 0 Å². The van der Waals surface area contributed by atoms with Gasteiger partial charge in [0, 0.05) is 16.2 Å². The topological polar surface area (TPSA) is 17.1 Å². The zero-order chi connectivity index (χ0) is 11.7. The Bertz CT molecular complexity index is 548. The lowest BCUT2D eigenvalue weighted by molar-refractivity contribution is 0.0963. The number of hydrogen-bond donors (Lipinski definition) is 0. The third-order valence-corrected chi connectivity index (χ3v) is 4.24. The van der Waals surface area contributed by atoms with E-state index >= 15 is 0 Å². The molecule has 84 valence electrons. The van der Waals surface area contributed by atoms with Crippen molar-refractivity contribution in [1.29, 1.82) is 0 Å². The van der Waals surface area contributed by atoms with E-state index in [-0.39, 0.29) is 11.7 Å². The SMILES string of the molecule is O=C1c2ccccc2SC[C@H]1c1ccccc1. The van der Waals surface area contributed by atoms with E-state index in [0.717, 1.165) is 21.8 Å². The number of hydrogen-bond acceptors (Lipinski definition) is 2. The minimum Gasteiger partial charge on any atom is -0.293 e. The molecule has 3 rings (SSSR count). The number of carbonyl (C=O) groups excluding carboxylic acids is 1. The molecule has 0 unspecified atom stereocenters. The monoisotopic (exact) mass is 240 g/mol. The summed E-state index contributed by atoms with van der Waals surface area (Å²) in [5, 5.41) is 0. The van der Waals surface area contributed by atoms with E-state index < -0.39 is 0 Å². The number of rotatable bonds is 1. The molecule has 0 fully saturated rings. The number of fused-ring (bicyclic) bond motifs is 1. The molecule has 1 aliphatic heterocycles. The highest BCUT2D eigenvalue weighted by molar-refractivity contribution is 7.99. The Morgan fingerprint density at radius 2 is 1.65 bits per heavy atom. The Labute approximate surface area is 105 Å². The van der Waals surface area contributed by atoms with E-state index in [1.807, 2.05) is 54.6 Å². The van der Waals surface area contributed by atoms with Crippen LogP contribution in [0.25, 0.3) is 0 Å². The lowest BCUT2D eigenvalue weighted by atomic mass is 9.92. The van der Waals surface area contributed by atoms with Crippen LogP contribution < -0.4 is 0 Å². The highest BCUT2D eigenvalue weighted by Crippen LogP contribution is 2.37. The van der Waals surface area contributed by atoms with Gasteiger partial charge in [-0.3, -0.25) is 4.79 Å². The van der Waals surface area contributed by atoms with Gasteiger partial charge in [-0.15, -0.1) is 11.8 Å². The molecule has 0 bridgehead atoms. The molecule has 17 heavy (non-hydrogen) atoms. The summed E-state index contributed by atoms with van der Waals surface area (Å²) in [6, 6.07) is 17.9. The first-order valence-electron chi connectivity index (χ1n) is 5.67. The Balaban J connectivity index is 2.00. The molecule has 0 aliphatic carbocycles. The summed E-state index contributed by atoms with van der Waals surface area (Å²) in [5.41, 5.74) is 2.00. The van der Waals surface area contributed by atoms with Crippen LogP contribution in [-0.4, -0.2) is 11.5 Å². The molecular weight excluding hydrogens is 228 g/mol. The van der Waals surface area contributed by atoms with Crippen molar-refractivity contribution in [2.45, 2.75) is 10.8 Å². The van der Waals surface area contributed by atoms with Crippen molar-refractivity contribution >= 4 is 17.5 Å². The van der Waals surface area contributed by atoms with E-state index in [0.29, 0.717) is 0 Å². The largest absolute Gasteiger partial charge is 0.293 e. The Morgan fingerprint density at radius 1 is 0.941 bits per heavy atom. The fraction of sp³-hybridized carbons (Fsp3) is 0.133. The highest BCUT2D eigenvalue weighted by Gasteiger charge is 2.28. The summed E-state index contributed by atoms with van der Waals surface area (Å²) in [6.45, 7) is 0. The van der Waals surface area contributed by atoms with Gasteiger partial charge in [0.15, 0.2) is 5.78 Å². The van der Waals surface area contributed by atoms with Gasteiger partial charge in [-0.2, -0.15) is 0 Å². The molecule has 1 nitrogen and oxygen atoms in total. The fourth-order valence-corrected chi connectivity index (χ4v) is 3.35. The molecule has 1 atom stereocenters. The highest BCUT2D eigenvalue weighted by atomic mass is 32.2. The Morgan fingerprint density at radius 3 is 2.47 bits per heavy atom. The van der Waals surface area contributed by atoms with Gasteiger partial charge in [-0.1, -0.05) is 48.5 Å². The van der Waals surface area contributed by atoms with Crippen molar-refractivity contribution in [1.82, 2.24) is 0 Å². The molecule has 1 aliphatic rings. The zero-order valence-electron chi connectivity index (χ0n) is 9.30. The second kappa shape index (κ2) is 4.38. The summed E-state index contributed by atoms with van der Waals surface area (Å²) >= 11 is 1.77.